The van der Waals surface area contributed by atoms with E-state index in [1.807, 2.05) is 0 Å². The van der Waals surface area contributed by atoms with Gasteiger partial charge in [0.05, 0.1) is 5.75 Å². The normalized spacial score (nSPS) is 11.7. The van der Waals surface area contributed by atoms with Crippen LogP contribution in [0.15, 0.2) is 0 Å². The van der Waals surface area contributed by atoms with Crippen molar-refractivity contribution in [2.75, 3.05) is 5.75 Å². The molecule has 0 fully saturated rings. The molecule has 0 aliphatic heterocycles. The van der Waals surface area contributed by atoms with E-state index >= 15 is 0 Å². The zero-order valence-corrected chi connectivity index (χ0v) is 4.63. The smallest absolute Gasteiger partial charge is 0.210 e. The first-order chi connectivity index (χ1) is 3.12. The lowest BCUT2D eigenvalue weighted by molar-refractivity contribution is 0.426. The van der Waals surface area contributed by atoms with Crippen molar-refractivity contribution in [2.45, 2.75) is 6.92 Å². The van der Waals surface area contributed by atoms with Crippen LogP contribution in [0.4, 0.5) is 4.48 Å². The third-order valence-corrected chi connectivity index (χ3v) is 1.49. The van der Waals surface area contributed by atoms with Gasteiger partial charge >= 0.3 is 0 Å². The third-order valence-electron chi connectivity index (χ3n) is 0.498. The van der Waals surface area contributed by atoms with E-state index in [1.54, 1.807) is 0 Å². The fraction of sp³-hybridized carbons (Fsp3) is 1.00. The minimum absolute atomic E-state index is 0.219. The van der Waals surface area contributed by atoms with Gasteiger partial charge in [0.15, 0.2) is 0 Å². The van der Waals surface area contributed by atoms with Crippen LogP contribution < -0.4 is 4.94 Å². The highest BCUT2D eigenvalue weighted by Gasteiger charge is 2.01. The molecule has 0 atom stereocenters. The number of nitrogens with one attached hydrogen (secondary N) is 1. The second-order valence-corrected chi connectivity index (χ2v) is 2.94. The van der Waals surface area contributed by atoms with Crippen LogP contribution in [0.25, 0.3) is 0 Å². The molecule has 0 heterocycles. The highest BCUT2D eigenvalue weighted by molar-refractivity contribution is 7.89. The predicted octanol–water partition coefficient (Wildman–Crippen LogP) is -0.190. The van der Waals surface area contributed by atoms with Crippen LogP contribution in [0.1, 0.15) is 6.92 Å². The fourth-order valence-electron chi connectivity index (χ4n) is 0.0546. The minimum atomic E-state index is -3.57. The summed E-state index contributed by atoms with van der Waals surface area (Å²) in [6, 6.07) is 0. The van der Waals surface area contributed by atoms with Gasteiger partial charge in [-0.05, 0) is 6.92 Å². The van der Waals surface area contributed by atoms with E-state index in [9.17, 15) is 12.9 Å². The fourth-order valence-corrected chi connectivity index (χ4v) is 0.164. The van der Waals surface area contributed by atoms with Gasteiger partial charge in [-0.25, -0.2) is 8.42 Å². The Hall–Kier alpha value is -0.160. The lowest BCUT2D eigenvalue weighted by atomic mass is 11.0. The Morgan fingerprint density at radius 2 is 2.14 bits per heavy atom. The van der Waals surface area contributed by atoms with Crippen molar-refractivity contribution in [1.82, 2.24) is 4.94 Å². The Labute approximate surface area is 41.5 Å². The van der Waals surface area contributed by atoms with Crippen molar-refractivity contribution >= 4 is 10.0 Å². The molecule has 0 aromatic carbocycles. The number of halogens is 1. The average Bonchev–Trinajstić information content (AvgIpc) is 1.68. The summed E-state index contributed by atoms with van der Waals surface area (Å²) in [7, 11) is -3.57. The van der Waals surface area contributed by atoms with E-state index in [-0.39, 0.29) is 5.75 Å². The molecule has 3 nitrogen and oxygen atoms in total. The highest BCUT2D eigenvalue weighted by Crippen LogP contribution is 1.78. The molecule has 44 valence electrons. The molecule has 5 heteroatoms. The van der Waals surface area contributed by atoms with Crippen LogP contribution in [0.3, 0.4) is 0 Å². The SMILES string of the molecule is CCS(=O)(=O)NF. The van der Waals surface area contributed by atoms with Gasteiger partial charge in [-0.1, -0.05) is 4.94 Å². The largest absolute Gasteiger partial charge is 0.237 e. The molecule has 0 bridgehead atoms. The second kappa shape index (κ2) is 2.23. The lowest BCUT2D eigenvalue weighted by Crippen LogP contribution is -2.15. The van der Waals surface area contributed by atoms with Crippen molar-refractivity contribution in [3.63, 3.8) is 0 Å². The number of sulfonamides is 1. The minimum Gasteiger partial charge on any atom is -0.210 e. The summed E-state index contributed by atoms with van der Waals surface area (Å²) in [6.07, 6.45) is 0. The molecule has 0 aromatic rings. The summed E-state index contributed by atoms with van der Waals surface area (Å²) in [5.74, 6) is -0.219. The van der Waals surface area contributed by atoms with Crippen molar-refractivity contribution < 1.29 is 12.9 Å². The van der Waals surface area contributed by atoms with Gasteiger partial charge in [-0.2, -0.15) is 0 Å². The predicted molar refractivity (Wildman–Crippen MR) is 23.7 cm³/mol. The molecule has 0 saturated carbocycles. The van der Waals surface area contributed by atoms with E-state index in [0.29, 0.717) is 4.94 Å². The zero-order chi connectivity index (χ0) is 5.91. The summed E-state index contributed by atoms with van der Waals surface area (Å²) >= 11 is 0. The Morgan fingerprint density at radius 3 is 2.14 bits per heavy atom. The van der Waals surface area contributed by atoms with Crippen molar-refractivity contribution in [3.8, 4) is 0 Å². The van der Waals surface area contributed by atoms with Crippen LogP contribution in [0.5, 0.6) is 0 Å². The van der Waals surface area contributed by atoms with Crippen molar-refractivity contribution in [1.29, 1.82) is 0 Å². The van der Waals surface area contributed by atoms with Gasteiger partial charge in [0.25, 0.3) is 0 Å². The molecular formula is C2H6FNO2S. The summed E-state index contributed by atoms with van der Waals surface area (Å²) in [4.78, 5) is 0.663. The Kier molecular flexibility index (Phi) is 2.17. The molecule has 0 aliphatic carbocycles. The summed E-state index contributed by atoms with van der Waals surface area (Å²) in [6.45, 7) is 1.35. The molecule has 0 amide bonds. The molecule has 1 N–H and O–H groups in total. The van der Waals surface area contributed by atoms with Crippen LogP contribution in [-0.2, 0) is 10.0 Å². The summed E-state index contributed by atoms with van der Waals surface area (Å²) < 4.78 is 30.7. The van der Waals surface area contributed by atoms with Crippen LogP contribution >= 0.6 is 0 Å². The molecule has 0 unspecified atom stereocenters. The third kappa shape index (κ3) is 2.52. The highest BCUT2D eigenvalue weighted by atomic mass is 32.2. The van der Waals surface area contributed by atoms with E-state index in [4.69, 9.17) is 0 Å². The number of hydrogen-bond acceptors (Lipinski definition) is 2. The first kappa shape index (κ1) is 6.84. The number of hydrogen-bond donors (Lipinski definition) is 1. The number of rotatable bonds is 2. The first-order valence-electron chi connectivity index (χ1n) is 1.72. The molecule has 0 saturated heterocycles. The maximum Gasteiger partial charge on any atom is 0.237 e. The first-order valence-corrected chi connectivity index (χ1v) is 3.37. The lowest BCUT2D eigenvalue weighted by Gasteiger charge is -1.88. The van der Waals surface area contributed by atoms with Crippen molar-refractivity contribution in [2.24, 2.45) is 0 Å². The molecule has 0 aliphatic rings. The molecular weight excluding hydrogens is 121 g/mol. The van der Waals surface area contributed by atoms with Crippen molar-refractivity contribution in [3.05, 3.63) is 0 Å². The van der Waals surface area contributed by atoms with E-state index in [1.165, 1.54) is 6.92 Å². The molecule has 0 rings (SSSR count). The van der Waals surface area contributed by atoms with Gasteiger partial charge in [0, 0.05) is 0 Å². The van der Waals surface area contributed by atoms with Gasteiger partial charge in [0.2, 0.25) is 10.0 Å². The van der Waals surface area contributed by atoms with Gasteiger partial charge in [0.1, 0.15) is 0 Å². The molecule has 0 radical (unpaired) electrons. The van der Waals surface area contributed by atoms with Gasteiger partial charge in [-0.15, -0.1) is 4.48 Å². The Balaban J connectivity index is 3.89. The summed E-state index contributed by atoms with van der Waals surface area (Å²) in [5, 5.41) is 0. The van der Waals surface area contributed by atoms with E-state index in [2.05, 4.69) is 0 Å². The Morgan fingerprint density at radius 1 is 1.71 bits per heavy atom. The molecule has 7 heavy (non-hydrogen) atoms. The van der Waals surface area contributed by atoms with Gasteiger partial charge in [-0.3, -0.25) is 0 Å². The maximum atomic E-state index is 10.9. The van der Waals surface area contributed by atoms with Crippen LogP contribution in [0.2, 0.25) is 0 Å². The van der Waals surface area contributed by atoms with Gasteiger partial charge < -0.3 is 0 Å². The standard InChI is InChI=1S/C2H6FNO2S/c1-2-7(5,6)4-3/h4H,2H2,1H3. The molecule has 0 spiro atoms. The quantitative estimate of drug-likeness (QED) is 0.522. The van der Waals surface area contributed by atoms with Crippen LogP contribution in [-0.4, -0.2) is 14.2 Å². The van der Waals surface area contributed by atoms with Crippen LogP contribution in [0, 0.1) is 0 Å². The maximum absolute atomic E-state index is 10.9. The monoisotopic (exact) mass is 127 g/mol. The topological polar surface area (TPSA) is 46.2 Å². The average molecular weight is 127 g/mol. The molecule has 0 aromatic heterocycles. The summed E-state index contributed by atoms with van der Waals surface area (Å²) in [5.41, 5.74) is 0. The second-order valence-electron chi connectivity index (χ2n) is 0.981. The Bertz CT molecular complexity index is 119. The zero-order valence-electron chi connectivity index (χ0n) is 3.81. The van der Waals surface area contributed by atoms with E-state index < -0.39 is 10.0 Å². The van der Waals surface area contributed by atoms with E-state index in [0.717, 1.165) is 0 Å².